The Hall–Kier alpha value is -2.61. The summed E-state index contributed by atoms with van der Waals surface area (Å²) in [7, 11) is 0. The second kappa shape index (κ2) is 5.17. The van der Waals surface area contributed by atoms with Crippen molar-refractivity contribution in [1.29, 1.82) is 0 Å². The SMILES string of the molecule is Cc1ccc(-c2cc(-c3ccccc3)cc(=O)o2)cc1. The molecule has 0 fully saturated rings. The van der Waals surface area contributed by atoms with Crippen molar-refractivity contribution in [1.82, 2.24) is 0 Å². The molecule has 0 aliphatic carbocycles. The molecule has 98 valence electrons. The van der Waals surface area contributed by atoms with Gasteiger partial charge in [0.15, 0.2) is 0 Å². The molecule has 1 heterocycles. The summed E-state index contributed by atoms with van der Waals surface area (Å²) < 4.78 is 5.31. The monoisotopic (exact) mass is 262 g/mol. The van der Waals surface area contributed by atoms with Crippen LogP contribution in [0.5, 0.6) is 0 Å². The zero-order valence-electron chi connectivity index (χ0n) is 11.2. The molecular weight excluding hydrogens is 248 g/mol. The molecule has 0 radical (unpaired) electrons. The first-order valence-corrected chi connectivity index (χ1v) is 6.50. The first-order chi connectivity index (χ1) is 9.72. The molecule has 1 aromatic heterocycles. The lowest BCUT2D eigenvalue weighted by Crippen LogP contribution is -1.98. The third kappa shape index (κ3) is 2.54. The van der Waals surface area contributed by atoms with Crippen molar-refractivity contribution in [2.24, 2.45) is 0 Å². The van der Waals surface area contributed by atoms with E-state index in [0.29, 0.717) is 5.76 Å². The standard InChI is InChI=1S/C18H14O2/c1-13-7-9-15(10-8-13)17-11-16(12-18(19)20-17)14-5-3-2-4-6-14/h2-12H,1H3. The molecule has 0 saturated carbocycles. The lowest BCUT2D eigenvalue weighted by atomic mass is 10.0. The smallest absolute Gasteiger partial charge is 0.336 e. The Bertz CT molecular complexity index is 769. The first-order valence-electron chi connectivity index (χ1n) is 6.50. The summed E-state index contributed by atoms with van der Waals surface area (Å²) >= 11 is 0. The van der Waals surface area contributed by atoms with Crippen LogP contribution in [0.25, 0.3) is 22.5 Å². The lowest BCUT2D eigenvalue weighted by molar-refractivity contribution is 0.526. The van der Waals surface area contributed by atoms with Gasteiger partial charge in [-0.25, -0.2) is 4.79 Å². The number of hydrogen-bond donors (Lipinski definition) is 0. The van der Waals surface area contributed by atoms with E-state index in [1.54, 1.807) is 0 Å². The molecule has 2 nitrogen and oxygen atoms in total. The molecule has 0 aliphatic heterocycles. The van der Waals surface area contributed by atoms with Crippen molar-refractivity contribution in [3.8, 4) is 22.5 Å². The maximum Gasteiger partial charge on any atom is 0.336 e. The third-order valence-corrected chi connectivity index (χ3v) is 3.21. The maximum absolute atomic E-state index is 11.8. The molecule has 0 atom stereocenters. The molecule has 0 bridgehead atoms. The van der Waals surface area contributed by atoms with Crippen molar-refractivity contribution in [3.05, 3.63) is 82.7 Å². The van der Waals surface area contributed by atoms with Crippen molar-refractivity contribution >= 4 is 0 Å². The van der Waals surface area contributed by atoms with E-state index in [1.807, 2.05) is 67.6 Å². The van der Waals surface area contributed by atoms with E-state index in [0.717, 1.165) is 16.7 Å². The van der Waals surface area contributed by atoms with E-state index in [9.17, 15) is 4.79 Å². The molecule has 2 aromatic carbocycles. The summed E-state index contributed by atoms with van der Waals surface area (Å²) in [5, 5.41) is 0. The third-order valence-electron chi connectivity index (χ3n) is 3.21. The van der Waals surface area contributed by atoms with E-state index in [-0.39, 0.29) is 5.63 Å². The van der Waals surface area contributed by atoms with Gasteiger partial charge in [0.25, 0.3) is 0 Å². The van der Waals surface area contributed by atoms with E-state index >= 15 is 0 Å². The highest BCUT2D eigenvalue weighted by Crippen LogP contribution is 2.24. The van der Waals surface area contributed by atoms with E-state index in [2.05, 4.69) is 0 Å². The predicted molar refractivity (Wildman–Crippen MR) is 80.6 cm³/mol. The van der Waals surface area contributed by atoms with E-state index < -0.39 is 0 Å². The molecule has 2 heteroatoms. The predicted octanol–water partition coefficient (Wildman–Crippen LogP) is 4.28. The average molecular weight is 262 g/mol. The van der Waals surface area contributed by atoms with Crippen LogP contribution in [0.1, 0.15) is 5.56 Å². The van der Waals surface area contributed by atoms with Crippen LogP contribution in [-0.4, -0.2) is 0 Å². The van der Waals surface area contributed by atoms with Crippen molar-refractivity contribution < 1.29 is 4.42 Å². The fraction of sp³-hybridized carbons (Fsp3) is 0.0556. The quantitative estimate of drug-likeness (QED) is 0.690. The van der Waals surface area contributed by atoms with Crippen LogP contribution in [0.2, 0.25) is 0 Å². The molecule has 0 spiro atoms. The minimum Gasteiger partial charge on any atom is -0.423 e. The zero-order chi connectivity index (χ0) is 13.9. The Morgan fingerprint density at radius 1 is 0.750 bits per heavy atom. The minimum atomic E-state index is -0.332. The Morgan fingerprint density at radius 2 is 1.45 bits per heavy atom. The van der Waals surface area contributed by atoms with E-state index in [4.69, 9.17) is 4.42 Å². The lowest BCUT2D eigenvalue weighted by Gasteiger charge is -2.04. The highest BCUT2D eigenvalue weighted by Gasteiger charge is 2.06. The number of aryl methyl sites for hydroxylation is 1. The normalized spacial score (nSPS) is 10.4. The van der Waals surface area contributed by atoms with Crippen molar-refractivity contribution in [2.45, 2.75) is 6.92 Å². The molecule has 0 saturated heterocycles. The molecule has 0 aliphatic rings. The molecule has 3 aromatic rings. The van der Waals surface area contributed by atoms with Gasteiger partial charge in [-0.15, -0.1) is 0 Å². The maximum atomic E-state index is 11.8. The van der Waals surface area contributed by atoms with Crippen LogP contribution >= 0.6 is 0 Å². The zero-order valence-corrected chi connectivity index (χ0v) is 11.2. The van der Waals surface area contributed by atoms with Gasteiger partial charge in [0.05, 0.1) is 0 Å². The van der Waals surface area contributed by atoms with Gasteiger partial charge >= 0.3 is 5.63 Å². The molecular formula is C18H14O2. The largest absolute Gasteiger partial charge is 0.423 e. The van der Waals surface area contributed by atoms with Crippen LogP contribution in [0.15, 0.2) is 75.9 Å². The summed E-state index contributed by atoms with van der Waals surface area (Å²) in [5.74, 6) is 0.594. The molecule has 20 heavy (non-hydrogen) atoms. The fourth-order valence-corrected chi connectivity index (χ4v) is 2.13. The Kier molecular flexibility index (Phi) is 3.21. The van der Waals surface area contributed by atoms with Gasteiger partial charge in [-0.1, -0.05) is 60.2 Å². The summed E-state index contributed by atoms with van der Waals surface area (Å²) in [4.78, 5) is 11.8. The summed E-state index contributed by atoms with van der Waals surface area (Å²) in [6, 6.07) is 21.2. The van der Waals surface area contributed by atoms with Gasteiger partial charge in [0.1, 0.15) is 5.76 Å². The number of hydrogen-bond acceptors (Lipinski definition) is 2. The van der Waals surface area contributed by atoms with Gasteiger partial charge in [0.2, 0.25) is 0 Å². The second-order valence-electron chi connectivity index (χ2n) is 4.76. The first kappa shape index (κ1) is 12.4. The van der Waals surface area contributed by atoms with Gasteiger partial charge in [-0.05, 0) is 24.1 Å². The second-order valence-corrected chi connectivity index (χ2v) is 4.76. The molecule has 3 rings (SSSR count). The van der Waals surface area contributed by atoms with Gasteiger partial charge in [-0.2, -0.15) is 0 Å². The minimum absolute atomic E-state index is 0.332. The number of rotatable bonds is 2. The highest BCUT2D eigenvalue weighted by molar-refractivity contribution is 5.69. The summed E-state index contributed by atoms with van der Waals surface area (Å²) in [6.45, 7) is 2.03. The van der Waals surface area contributed by atoms with Crippen molar-refractivity contribution in [2.75, 3.05) is 0 Å². The Balaban J connectivity index is 2.12. The fourth-order valence-electron chi connectivity index (χ4n) is 2.13. The Morgan fingerprint density at radius 3 is 2.15 bits per heavy atom. The van der Waals surface area contributed by atoms with Gasteiger partial charge in [0, 0.05) is 11.6 Å². The highest BCUT2D eigenvalue weighted by atomic mass is 16.4. The van der Waals surface area contributed by atoms with E-state index in [1.165, 1.54) is 11.6 Å². The van der Waals surface area contributed by atoms with Crippen LogP contribution in [0, 0.1) is 6.92 Å². The molecule has 0 amide bonds. The van der Waals surface area contributed by atoms with Crippen molar-refractivity contribution in [3.63, 3.8) is 0 Å². The number of benzene rings is 2. The Labute approximate surface area is 117 Å². The van der Waals surface area contributed by atoms with Crippen LogP contribution in [-0.2, 0) is 0 Å². The average Bonchev–Trinajstić information content (AvgIpc) is 2.48. The van der Waals surface area contributed by atoms with Crippen LogP contribution in [0.3, 0.4) is 0 Å². The van der Waals surface area contributed by atoms with Gasteiger partial charge in [-0.3, -0.25) is 0 Å². The van der Waals surface area contributed by atoms with Crippen LogP contribution < -0.4 is 5.63 Å². The summed E-state index contributed by atoms with van der Waals surface area (Å²) in [6.07, 6.45) is 0. The topological polar surface area (TPSA) is 30.2 Å². The van der Waals surface area contributed by atoms with Gasteiger partial charge < -0.3 is 4.42 Å². The molecule has 0 N–H and O–H groups in total. The van der Waals surface area contributed by atoms with Crippen LogP contribution in [0.4, 0.5) is 0 Å². The summed E-state index contributed by atoms with van der Waals surface area (Å²) in [5.41, 5.74) is 3.63. The molecule has 0 unspecified atom stereocenters.